The molecular formula is C28H40N4O2. The number of likely N-dealkylation sites (N-methyl/N-ethyl adjacent to an activating group) is 1. The molecule has 3 heterocycles. The zero-order valence-electron chi connectivity index (χ0n) is 21.6. The summed E-state index contributed by atoms with van der Waals surface area (Å²) in [6.45, 7) is 16.4. The van der Waals surface area contributed by atoms with Crippen molar-refractivity contribution in [1.29, 1.82) is 0 Å². The average molecular weight is 465 g/mol. The third-order valence-corrected chi connectivity index (χ3v) is 7.73. The van der Waals surface area contributed by atoms with E-state index in [1.807, 2.05) is 11.8 Å². The number of rotatable bonds is 6. The van der Waals surface area contributed by atoms with E-state index in [2.05, 4.69) is 60.3 Å². The van der Waals surface area contributed by atoms with Gasteiger partial charge < -0.3 is 14.4 Å². The van der Waals surface area contributed by atoms with Gasteiger partial charge in [0.15, 0.2) is 5.43 Å². The molecule has 0 bridgehead atoms. The molecule has 0 saturated carbocycles. The summed E-state index contributed by atoms with van der Waals surface area (Å²) in [5, 5.41) is 0. The Bertz CT molecular complexity index is 1100. The van der Waals surface area contributed by atoms with E-state index >= 15 is 0 Å². The molecule has 6 nitrogen and oxygen atoms in total. The van der Waals surface area contributed by atoms with Crippen LogP contribution in [0.5, 0.6) is 0 Å². The highest BCUT2D eigenvalue weighted by Gasteiger charge is 2.29. The normalized spacial score (nSPS) is 19.1. The van der Waals surface area contributed by atoms with Gasteiger partial charge in [-0.2, -0.15) is 0 Å². The van der Waals surface area contributed by atoms with E-state index in [-0.39, 0.29) is 11.3 Å². The van der Waals surface area contributed by atoms with Gasteiger partial charge in [0.05, 0.1) is 0 Å². The van der Waals surface area contributed by atoms with Crippen LogP contribution in [0.3, 0.4) is 0 Å². The van der Waals surface area contributed by atoms with Crippen LogP contribution in [-0.2, 0) is 13.0 Å². The number of pyridine rings is 1. The van der Waals surface area contributed by atoms with Gasteiger partial charge in [-0.15, -0.1) is 0 Å². The van der Waals surface area contributed by atoms with Crippen LogP contribution in [0.25, 0.3) is 0 Å². The number of anilines is 1. The van der Waals surface area contributed by atoms with Crippen LogP contribution in [-0.4, -0.2) is 65.6 Å². The van der Waals surface area contributed by atoms with Gasteiger partial charge in [-0.3, -0.25) is 14.5 Å². The first-order valence-corrected chi connectivity index (χ1v) is 12.9. The fourth-order valence-electron chi connectivity index (χ4n) is 5.88. The minimum atomic E-state index is -0.133. The van der Waals surface area contributed by atoms with Crippen molar-refractivity contribution in [3.05, 3.63) is 62.6 Å². The van der Waals surface area contributed by atoms with Crippen LogP contribution in [0.2, 0.25) is 0 Å². The van der Waals surface area contributed by atoms with Crippen molar-refractivity contribution >= 4 is 11.6 Å². The first-order valence-electron chi connectivity index (χ1n) is 12.9. The molecule has 1 amide bonds. The van der Waals surface area contributed by atoms with E-state index in [1.165, 1.54) is 29.7 Å². The summed E-state index contributed by atoms with van der Waals surface area (Å²) in [5.74, 6) is -0.102. The van der Waals surface area contributed by atoms with Crippen molar-refractivity contribution in [3.63, 3.8) is 0 Å². The van der Waals surface area contributed by atoms with Gasteiger partial charge in [-0.1, -0.05) is 31.5 Å². The lowest BCUT2D eigenvalue weighted by atomic mass is 10.1. The van der Waals surface area contributed by atoms with Crippen molar-refractivity contribution in [2.45, 2.75) is 66.5 Å². The molecule has 0 spiro atoms. The number of aromatic nitrogens is 1. The molecule has 0 unspecified atom stereocenters. The maximum absolute atomic E-state index is 13.7. The maximum Gasteiger partial charge on any atom is 0.259 e. The lowest BCUT2D eigenvalue weighted by molar-refractivity contribution is 0.0743. The van der Waals surface area contributed by atoms with E-state index in [0.29, 0.717) is 31.1 Å². The summed E-state index contributed by atoms with van der Waals surface area (Å²) in [7, 11) is 0. The molecule has 2 aliphatic heterocycles. The van der Waals surface area contributed by atoms with E-state index in [0.717, 1.165) is 44.1 Å². The fourth-order valence-corrected chi connectivity index (χ4v) is 5.88. The minimum absolute atomic E-state index is 0.102. The molecule has 0 radical (unpaired) electrons. The van der Waals surface area contributed by atoms with E-state index in [9.17, 15) is 9.59 Å². The monoisotopic (exact) mass is 464 g/mol. The summed E-state index contributed by atoms with van der Waals surface area (Å²) in [4.78, 5) is 33.5. The maximum atomic E-state index is 13.7. The van der Waals surface area contributed by atoms with Crippen LogP contribution in [0.4, 0.5) is 5.69 Å². The molecule has 4 rings (SSSR count). The number of carbonyl (C=O) groups excluding carboxylic acids is 1. The van der Waals surface area contributed by atoms with Gasteiger partial charge in [0, 0.05) is 61.9 Å². The number of amides is 1. The minimum Gasteiger partial charge on any atom is -0.368 e. The molecule has 0 aliphatic carbocycles. The first-order chi connectivity index (χ1) is 16.3. The molecular weight excluding hydrogens is 424 g/mol. The van der Waals surface area contributed by atoms with Crippen molar-refractivity contribution in [2.24, 2.45) is 0 Å². The second-order valence-corrected chi connectivity index (χ2v) is 9.93. The molecule has 1 aromatic carbocycles. The van der Waals surface area contributed by atoms with Crippen molar-refractivity contribution in [3.8, 4) is 0 Å². The number of likely N-dealkylation sites (tertiary alicyclic amines) is 1. The number of piperazine rings is 1. The molecule has 2 aliphatic rings. The number of hydrogen-bond acceptors (Lipinski definition) is 4. The van der Waals surface area contributed by atoms with E-state index < -0.39 is 0 Å². The number of carbonyl (C=O) groups is 1. The van der Waals surface area contributed by atoms with Crippen molar-refractivity contribution in [1.82, 2.24) is 14.4 Å². The van der Waals surface area contributed by atoms with Crippen molar-refractivity contribution in [2.75, 3.05) is 44.2 Å². The zero-order chi connectivity index (χ0) is 24.4. The number of benzene rings is 1. The largest absolute Gasteiger partial charge is 0.368 e. The molecule has 2 saturated heterocycles. The summed E-state index contributed by atoms with van der Waals surface area (Å²) >= 11 is 0. The second kappa shape index (κ2) is 10.3. The lowest BCUT2D eigenvalue weighted by Crippen LogP contribution is -2.50. The van der Waals surface area contributed by atoms with Crippen LogP contribution >= 0.6 is 0 Å². The molecule has 184 valence electrons. The van der Waals surface area contributed by atoms with Crippen LogP contribution < -0.4 is 10.3 Å². The highest BCUT2D eigenvalue weighted by molar-refractivity contribution is 5.95. The number of aryl methyl sites for hydroxylation is 3. The third-order valence-electron chi connectivity index (χ3n) is 7.73. The Balaban J connectivity index is 1.55. The fraction of sp³-hybridized carbons (Fsp3) is 0.571. The lowest BCUT2D eigenvalue weighted by Gasteiger charge is -2.37. The third kappa shape index (κ3) is 4.78. The Labute approximate surface area is 204 Å². The number of hydrogen-bond donors (Lipinski definition) is 0. The highest BCUT2D eigenvalue weighted by Crippen LogP contribution is 2.24. The van der Waals surface area contributed by atoms with Crippen LogP contribution in [0, 0.1) is 20.8 Å². The van der Waals surface area contributed by atoms with Gasteiger partial charge >= 0.3 is 0 Å². The SMILES string of the molecule is CCc1c(C(=O)N2CCN(c3ccc(C)cc3C)CC2)c(=O)cc(C)n1C[C@@H]1CCCN1CC. The Kier molecular flexibility index (Phi) is 7.46. The topological polar surface area (TPSA) is 48.8 Å². The zero-order valence-corrected chi connectivity index (χ0v) is 21.6. The Morgan fingerprint density at radius 3 is 2.38 bits per heavy atom. The van der Waals surface area contributed by atoms with Crippen LogP contribution in [0.15, 0.2) is 29.1 Å². The first kappa shape index (κ1) is 24.5. The standard InChI is InChI=1S/C28H40N4O2/c1-6-24-27(26(33)18-22(5)32(24)19-23-9-8-12-29(23)7-2)28(34)31-15-13-30(14-16-31)25-11-10-20(3)17-21(25)4/h10-11,17-18,23H,6-9,12-16,19H2,1-5H3/t23-/m0/s1. The molecule has 1 atom stereocenters. The second-order valence-electron chi connectivity index (χ2n) is 9.93. The predicted octanol–water partition coefficient (Wildman–Crippen LogP) is 3.78. The average Bonchev–Trinajstić information content (AvgIpc) is 3.27. The Morgan fingerprint density at radius 1 is 1.00 bits per heavy atom. The van der Waals surface area contributed by atoms with Crippen molar-refractivity contribution < 1.29 is 4.79 Å². The summed E-state index contributed by atoms with van der Waals surface area (Å²) in [5.41, 5.74) is 5.87. The predicted molar refractivity (Wildman–Crippen MR) is 139 cm³/mol. The van der Waals surface area contributed by atoms with Gasteiger partial charge in [0.2, 0.25) is 0 Å². The Hall–Kier alpha value is -2.60. The molecule has 6 heteroatoms. The van der Waals surface area contributed by atoms with Gasteiger partial charge in [0.25, 0.3) is 5.91 Å². The molecule has 2 aromatic rings. The Morgan fingerprint density at radius 2 is 1.74 bits per heavy atom. The van der Waals surface area contributed by atoms with Gasteiger partial charge in [-0.05, 0) is 64.8 Å². The molecule has 0 N–H and O–H groups in total. The molecule has 34 heavy (non-hydrogen) atoms. The van der Waals surface area contributed by atoms with E-state index in [1.54, 1.807) is 6.07 Å². The molecule has 1 aromatic heterocycles. The highest BCUT2D eigenvalue weighted by atomic mass is 16.2. The summed E-state index contributed by atoms with van der Waals surface area (Å²) < 4.78 is 2.25. The smallest absolute Gasteiger partial charge is 0.259 e. The number of nitrogens with zero attached hydrogens (tertiary/aromatic N) is 4. The quantitative estimate of drug-likeness (QED) is 0.653. The summed E-state index contributed by atoms with van der Waals surface area (Å²) in [6, 6.07) is 8.67. The van der Waals surface area contributed by atoms with Crippen LogP contribution in [0.1, 0.15) is 59.6 Å². The van der Waals surface area contributed by atoms with E-state index in [4.69, 9.17) is 0 Å². The van der Waals surface area contributed by atoms with Gasteiger partial charge in [-0.25, -0.2) is 0 Å². The summed E-state index contributed by atoms with van der Waals surface area (Å²) in [6.07, 6.45) is 3.07. The van der Waals surface area contributed by atoms with Gasteiger partial charge in [0.1, 0.15) is 5.56 Å². The molecule has 2 fully saturated rings.